The van der Waals surface area contributed by atoms with E-state index in [1.165, 1.54) is 12.1 Å². The van der Waals surface area contributed by atoms with Crippen LogP contribution in [-0.2, 0) is 44.4 Å². The van der Waals surface area contributed by atoms with Crippen molar-refractivity contribution in [2.75, 3.05) is 58.2 Å². The maximum absolute atomic E-state index is 12.7. The van der Waals surface area contributed by atoms with Gasteiger partial charge in [-0.15, -0.1) is 0 Å². The van der Waals surface area contributed by atoms with Crippen LogP contribution in [0.25, 0.3) is 0 Å². The quantitative estimate of drug-likeness (QED) is 0.112. The number of nitrogens with one attached hydrogen (secondary N) is 1. The molecule has 0 aliphatic carbocycles. The molecule has 0 aromatic heterocycles. The van der Waals surface area contributed by atoms with Gasteiger partial charge in [-0.2, -0.15) is 0 Å². The first-order valence-electron chi connectivity index (χ1n) is 13.2. The van der Waals surface area contributed by atoms with Crippen LogP contribution >= 0.6 is 0 Å². The number of esters is 1. The highest BCUT2D eigenvalue weighted by Gasteiger charge is 2.21. The van der Waals surface area contributed by atoms with Crippen molar-refractivity contribution in [2.45, 2.75) is 59.2 Å². The second-order valence-electron chi connectivity index (χ2n) is 10.8. The zero-order chi connectivity index (χ0) is 30.9. The molecule has 0 aliphatic heterocycles. The number of carboxylic acids is 1. The lowest BCUT2D eigenvalue weighted by Crippen LogP contribution is -2.28. The summed E-state index contributed by atoms with van der Waals surface area (Å²) in [5.74, 6) is -1.81. The van der Waals surface area contributed by atoms with Gasteiger partial charge in [0, 0.05) is 11.3 Å². The number of ether oxygens (including phenoxy) is 6. The summed E-state index contributed by atoms with van der Waals surface area (Å²) in [6.07, 6.45) is 2.12. The standard InChI is InChI=1S/C29H43NO11/c1-28(2,3)40-26(34)19-21-9-10-22(18-23(21)30-27(35)41-29(4,5)6)24(31)8-7-11-36-12-13-37-14-15-38-16-17-39-20-25(32)33/h7-10,18H,11-17,19-20H2,1-6H3,(H,30,35)(H,32,33)/b8-7+. The number of ketones is 1. The molecular formula is C29H43NO11. The third kappa shape index (κ3) is 18.6. The summed E-state index contributed by atoms with van der Waals surface area (Å²) in [6.45, 7) is 12.1. The van der Waals surface area contributed by atoms with Crippen LogP contribution in [0.5, 0.6) is 0 Å². The van der Waals surface area contributed by atoms with E-state index in [2.05, 4.69) is 5.32 Å². The summed E-state index contributed by atoms with van der Waals surface area (Å²) in [5, 5.41) is 11.1. The van der Waals surface area contributed by atoms with E-state index in [1.54, 1.807) is 59.8 Å². The van der Waals surface area contributed by atoms with Gasteiger partial charge in [0.1, 0.15) is 17.8 Å². The molecule has 1 aromatic carbocycles. The maximum atomic E-state index is 12.7. The Morgan fingerprint density at radius 2 is 1.37 bits per heavy atom. The minimum absolute atomic E-state index is 0.101. The molecule has 0 fully saturated rings. The molecule has 12 nitrogen and oxygen atoms in total. The van der Waals surface area contributed by atoms with Crippen molar-refractivity contribution in [3.8, 4) is 0 Å². The van der Waals surface area contributed by atoms with Crippen molar-refractivity contribution < 1.29 is 52.7 Å². The van der Waals surface area contributed by atoms with E-state index in [1.807, 2.05) is 0 Å². The lowest BCUT2D eigenvalue weighted by atomic mass is 10.0. The molecule has 0 heterocycles. The van der Waals surface area contributed by atoms with Crippen molar-refractivity contribution in [3.05, 3.63) is 41.5 Å². The summed E-state index contributed by atoms with van der Waals surface area (Å²) < 4.78 is 31.6. The van der Waals surface area contributed by atoms with Gasteiger partial charge >= 0.3 is 18.0 Å². The molecular weight excluding hydrogens is 538 g/mol. The van der Waals surface area contributed by atoms with Gasteiger partial charge in [0.05, 0.1) is 52.7 Å². The fraction of sp³-hybridized carbons (Fsp3) is 0.586. The molecule has 41 heavy (non-hydrogen) atoms. The van der Waals surface area contributed by atoms with Gasteiger partial charge in [0.15, 0.2) is 5.78 Å². The Labute approximate surface area is 241 Å². The number of carbonyl (C=O) groups excluding carboxylic acids is 3. The van der Waals surface area contributed by atoms with Gasteiger partial charge in [-0.1, -0.05) is 18.2 Å². The summed E-state index contributed by atoms with van der Waals surface area (Å²) >= 11 is 0. The van der Waals surface area contributed by atoms with E-state index in [-0.39, 0.29) is 44.3 Å². The third-order valence-electron chi connectivity index (χ3n) is 4.61. The van der Waals surface area contributed by atoms with E-state index in [4.69, 9.17) is 33.5 Å². The number of amides is 1. The number of carbonyl (C=O) groups is 4. The number of hydrogen-bond donors (Lipinski definition) is 2. The van der Waals surface area contributed by atoms with E-state index in [9.17, 15) is 19.2 Å². The zero-order valence-corrected chi connectivity index (χ0v) is 24.8. The monoisotopic (exact) mass is 581 g/mol. The zero-order valence-electron chi connectivity index (χ0n) is 24.8. The highest BCUT2D eigenvalue weighted by atomic mass is 16.6. The molecule has 12 heteroatoms. The van der Waals surface area contributed by atoms with Crippen LogP contribution in [-0.4, -0.2) is 93.0 Å². The average molecular weight is 582 g/mol. The van der Waals surface area contributed by atoms with Crippen molar-refractivity contribution in [3.63, 3.8) is 0 Å². The van der Waals surface area contributed by atoms with Crippen LogP contribution < -0.4 is 5.32 Å². The second-order valence-corrected chi connectivity index (χ2v) is 10.8. The Balaban J connectivity index is 2.55. The van der Waals surface area contributed by atoms with Crippen LogP contribution in [0, 0.1) is 0 Å². The molecule has 0 unspecified atom stereocenters. The first-order valence-corrected chi connectivity index (χ1v) is 13.2. The highest BCUT2D eigenvalue weighted by Crippen LogP contribution is 2.22. The molecule has 1 amide bonds. The molecule has 0 atom stereocenters. The number of rotatable bonds is 18. The summed E-state index contributed by atoms with van der Waals surface area (Å²) in [5.41, 5.74) is -0.345. The number of carboxylic acid groups (broad SMARTS) is 1. The fourth-order valence-electron chi connectivity index (χ4n) is 3.07. The van der Waals surface area contributed by atoms with Crippen molar-refractivity contribution >= 4 is 29.5 Å². The first kappa shape index (κ1) is 35.7. The number of aliphatic carboxylic acids is 1. The van der Waals surface area contributed by atoms with E-state index >= 15 is 0 Å². The average Bonchev–Trinajstić information content (AvgIpc) is 2.82. The Bertz CT molecular complexity index is 1020. The molecule has 0 aliphatic rings. The van der Waals surface area contributed by atoms with Gasteiger partial charge in [-0.05, 0) is 59.2 Å². The van der Waals surface area contributed by atoms with E-state index < -0.39 is 29.2 Å². The number of hydrogen-bond acceptors (Lipinski definition) is 10. The normalized spacial score (nSPS) is 11.9. The molecule has 0 bridgehead atoms. The van der Waals surface area contributed by atoms with Crippen molar-refractivity contribution in [1.29, 1.82) is 0 Å². The summed E-state index contributed by atoms with van der Waals surface area (Å²) in [6, 6.07) is 4.66. The number of benzene rings is 1. The number of allylic oxidation sites excluding steroid dienone is 1. The molecule has 0 spiro atoms. The molecule has 1 aromatic rings. The van der Waals surface area contributed by atoms with Crippen LogP contribution in [0.2, 0.25) is 0 Å². The van der Waals surface area contributed by atoms with Gasteiger partial charge in [-0.3, -0.25) is 14.9 Å². The van der Waals surface area contributed by atoms with Crippen molar-refractivity contribution in [1.82, 2.24) is 0 Å². The SMILES string of the molecule is CC(C)(C)OC(=O)Cc1ccc(C(=O)/C=C/COCCOCCOCCOCC(=O)O)cc1NC(=O)OC(C)(C)C. The van der Waals surface area contributed by atoms with Crippen LogP contribution in [0.15, 0.2) is 30.4 Å². The lowest BCUT2D eigenvalue weighted by molar-refractivity contribution is -0.154. The second kappa shape index (κ2) is 18.2. The van der Waals surface area contributed by atoms with E-state index in [0.717, 1.165) is 0 Å². The minimum atomic E-state index is -1.03. The minimum Gasteiger partial charge on any atom is -0.480 e. The third-order valence-corrected chi connectivity index (χ3v) is 4.61. The number of anilines is 1. The Morgan fingerprint density at radius 3 is 1.93 bits per heavy atom. The molecule has 1 rings (SSSR count). The highest BCUT2D eigenvalue weighted by molar-refractivity contribution is 6.05. The molecule has 0 saturated carbocycles. The lowest BCUT2D eigenvalue weighted by Gasteiger charge is -2.22. The largest absolute Gasteiger partial charge is 0.480 e. The summed E-state index contributed by atoms with van der Waals surface area (Å²) in [4.78, 5) is 47.8. The Morgan fingerprint density at radius 1 is 0.805 bits per heavy atom. The van der Waals surface area contributed by atoms with Gasteiger partial charge in [-0.25, -0.2) is 9.59 Å². The summed E-state index contributed by atoms with van der Waals surface area (Å²) in [7, 11) is 0. The van der Waals surface area contributed by atoms with Gasteiger partial charge in [0.2, 0.25) is 0 Å². The molecule has 0 radical (unpaired) electrons. The Hall–Kier alpha value is -3.32. The van der Waals surface area contributed by atoms with Gasteiger partial charge in [0.25, 0.3) is 0 Å². The first-order chi connectivity index (χ1) is 19.2. The predicted octanol–water partition coefficient (Wildman–Crippen LogP) is 3.81. The van der Waals surface area contributed by atoms with Crippen LogP contribution in [0.1, 0.15) is 57.5 Å². The fourth-order valence-corrected chi connectivity index (χ4v) is 3.07. The van der Waals surface area contributed by atoms with E-state index in [0.29, 0.717) is 37.6 Å². The Kier molecular flexibility index (Phi) is 15.8. The van der Waals surface area contributed by atoms with Crippen LogP contribution in [0.3, 0.4) is 0 Å². The topological polar surface area (TPSA) is 156 Å². The molecule has 2 N–H and O–H groups in total. The smallest absolute Gasteiger partial charge is 0.412 e. The molecule has 230 valence electrons. The van der Waals surface area contributed by atoms with Crippen molar-refractivity contribution in [2.24, 2.45) is 0 Å². The van der Waals surface area contributed by atoms with Gasteiger partial charge < -0.3 is 33.5 Å². The maximum Gasteiger partial charge on any atom is 0.412 e. The molecule has 0 saturated heterocycles. The van der Waals surface area contributed by atoms with Crippen LogP contribution in [0.4, 0.5) is 10.5 Å². The predicted molar refractivity (Wildman–Crippen MR) is 150 cm³/mol.